The summed E-state index contributed by atoms with van der Waals surface area (Å²) in [4.78, 5) is 14.6. The van der Waals surface area contributed by atoms with Gasteiger partial charge in [-0.25, -0.2) is 8.42 Å². The predicted octanol–water partition coefficient (Wildman–Crippen LogP) is 1.62. The van der Waals surface area contributed by atoms with Crippen molar-refractivity contribution in [3.8, 4) is 5.75 Å². The monoisotopic (exact) mass is 402 g/mol. The molecule has 2 aromatic carbocycles. The van der Waals surface area contributed by atoms with Crippen molar-refractivity contribution in [1.29, 1.82) is 0 Å². The summed E-state index contributed by atoms with van der Waals surface area (Å²) in [6.45, 7) is 2.39. The van der Waals surface area contributed by atoms with E-state index >= 15 is 0 Å². The molecule has 2 aliphatic heterocycles. The first-order valence-corrected chi connectivity index (χ1v) is 10.5. The minimum Gasteiger partial charge on any atom is -0.497 e. The van der Waals surface area contributed by atoms with Gasteiger partial charge < -0.3 is 20.3 Å². The van der Waals surface area contributed by atoms with Crippen molar-refractivity contribution in [3.05, 3.63) is 42.5 Å². The van der Waals surface area contributed by atoms with Crippen molar-refractivity contribution in [2.45, 2.75) is 17.4 Å². The number of hydrogen-bond donors (Lipinski definition) is 3. The summed E-state index contributed by atoms with van der Waals surface area (Å²) in [7, 11) is -2.23. The molecule has 0 bridgehead atoms. The Labute approximate surface area is 163 Å². The molecule has 0 radical (unpaired) electrons. The van der Waals surface area contributed by atoms with Gasteiger partial charge in [-0.05, 0) is 42.5 Å². The van der Waals surface area contributed by atoms with Crippen molar-refractivity contribution in [1.82, 2.24) is 5.32 Å². The topological polar surface area (TPSA) is 99.8 Å². The van der Waals surface area contributed by atoms with E-state index < -0.39 is 10.0 Å². The lowest BCUT2D eigenvalue weighted by atomic mass is 10.1. The van der Waals surface area contributed by atoms with Crippen LogP contribution in [-0.2, 0) is 14.8 Å². The van der Waals surface area contributed by atoms with Gasteiger partial charge in [-0.15, -0.1) is 0 Å². The molecule has 1 unspecified atom stereocenters. The number of nitrogens with zero attached hydrogens (tertiary/aromatic N) is 1. The van der Waals surface area contributed by atoms with Gasteiger partial charge >= 0.3 is 0 Å². The number of nitrogens with one attached hydrogen (secondary N) is 3. The average molecular weight is 402 g/mol. The number of anilines is 3. The van der Waals surface area contributed by atoms with Gasteiger partial charge in [0.05, 0.1) is 35.1 Å². The zero-order valence-electron chi connectivity index (χ0n) is 15.4. The van der Waals surface area contributed by atoms with E-state index in [0.717, 1.165) is 25.3 Å². The number of sulfonamides is 1. The van der Waals surface area contributed by atoms with Gasteiger partial charge in [-0.1, -0.05) is 0 Å². The van der Waals surface area contributed by atoms with Crippen LogP contribution in [0.2, 0.25) is 0 Å². The van der Waals surface area contributed by atoms with Crippen LogP contribution in [-0.4, -0.2) is 47.1 Å². The second-order valence-corrected chi connectivity index (χ2v) is 8.50. The van der Waals surface area contributed by atoms with Gasteiger partial charge in [0.15, 0.2) is 0 Å². The first-order chi connectivity index (χ1) is 13.5. The summed E-state index contributed by atoms with van der Waals surface area (Å²) >= 11 is 0. The molecule has 0 spiro atoms. The smallest absolute Gasteiger partial charge is 0.261 e. The van der Waals surface area contributed by atoms with Gasteiger partial charge in [-0.2, -0.15) is 0 Å². The van der Waals surface area contributed by atoms with Crippen LogP contribution in [0.1, 0.15) is 6.42 Å². The average Bonchev–Trinajstić information content (AvgIpc) is 2.82. The summed E-state index contributed by atoms with van der Waals surface area (Å²) in [6, 6.07) is 11.5. The van der Waals surface area contributed by atoms with Gasteiger partial charge in [0, 0.05) is 26.1 Å². The number of rotatable bonds is 4. The van der Waals surface area contributed by atoms with Crippen LogP contribution in [0.25, 0.3) is 0 Å². The predicted molar refractivity (Wildman–Crippen MR) is 107 cm³/mol. The fraction of sp³-hybridized carbons (Fsp3) is 0.316. The van der Waals surface area contributed by atoms with E-state index in [9.17, 15) is 13.2 Å². The maximum Gasteiger partial charge on any atom is 0.261 e. The molecule has 9 heteroatoms. The maximum absolute atomic E-state index is 12.7. The van der Waals surface area contributed by atoms with E-state index in [-0.39, 0.29) is 16.8 Å². The molecule has 28 heavy (non-hydrogen) atoms. The Bertz CT molecular complexity index is 991. The molecule has 1 amide bonds. The molecule has 2 heterocycles. The summed E-state index contributed by atoms with van der Waals surface area (Å²) in [5.41, 5.74) is 1.91. The second-order valence-electron chi connectivity index (χ2n) is 6.82. The molecule has 2 aliphatic rings. The Kier molecular flexibility index (Phi) is 4.86. The third-order valence-electron chi connectivity index (χ3n) is 4.97. The molecule has 1 saturated heterocycles. The number of amides is 1. The van der Waals surface area contributed by atoms with Crippen LogP contribution >= 0.6 is 0 Å². The zero-order chi connectivity index (χ0) is 19.7. The van der Waals surface area contributed by atoms with Crippen molar-refractivity contribution in [3.63, 3.8) is 0 Å². The van der Waals surface area contributed by atoms with E-state index in [1.54, 1.807) is 24.3 Å². The lowest BCUT2D eigenvalue weighted by Gasteiger charge is -2.36. The second kappa shape index (κ2) is 7.33. The number of hydrogen-bond acceptors (Lipinski definition) is 6. The number of methoxy groups -OCH3 is 1. The number of carbonyl (C=O) groups is 1. The molecule has 3 N–H and O–H groups in total. The Balaban J connectivity index is 1.62. The Morgan fingerprint density at radius 3 is 2.71 bits per heavy atom. The standard InChI is InChI=1S/C19H22N4O4S/c1-27-15-3-5-16(6-4-15)28(25,26)22-13-2-7-18-17(10-13)21-19(24)11-14-12-20-8-9-23(14)18/h2-7,10,14,20,22H,8-9,11-12H2,1H3,(H,21,24). The molecular formula is C19H22N4O4S. The molecule has 148 valence electrons. The van der Waals surface area contributed by atoms with Gasteiger partial charge in [-0.3, -0.25) is 9.52 Å². The van der Waals surface area contributed by atoms with Gasteiger partial charge in [0.25, 0.3) is 10.0 Å². The summed E-state index contributed by atoms with van der Waals surface area (Å²) in [5.74, 6) is 0.505. The van der Waals surface area contributed by atoms with Crippen molar-refractivity contribution in [2.75, 3.05) is 41.7 Å². The number of benzene rings is 2. The van der Waals surface area contributed by atoms with Crippen LogP contribution in [0.3, 0.4) is 0 Å². The van der Waals surface area contributed by atoms with Crippen molar-refractivity contribution >= 4 is 33.0 Å². The summed E-state index contributed by atoms with van der Waals surface area (Å²) < 4.78 is 33.0. The molecule has 1 fully saturated rings. The number of piperazine rings is 1. The molecule has 1 atom stereocenters. The number of ether oxygens (including phenoxy) is 1. The van der Waals surface area contributed by atoms with Crippen LogP contribution < -0.4 is 25.0 Å². The highest BCUT2D eigenvalue weighted by molar-refractivity contribution is 7.92. The van der Waals surface area contributed by atoms with Crippen LogP contribution in [0.4, 0.5) is 17.1 Å². The first kappa shape index (κ1) is 18.6. The van der Waals surface area contributed by atoms with E-state index in [2.05, 4.69) is 20.3 Å². The van der Waals surface area contributed by atoms with Crippen LogP contribution in [0.15, 0.2) is 47.4 Å². The zero-order valence-corrected chi connectivity index (χ0v) is 16.3. The quantitative estimate of drug-likeness (QED) is 0.719. The van der Waals surface area contributed by atoms with E-state index in [0.29, 0.717) is 23.5 Å². The van der Waals surface area contributed by atoms with Gasteiger partial charge in [0.1, 0.15) is 5.75 Å². The van der Waals surface area contributed by atoms with Gasteiger partial charge in [0.2, 0.25) is 5.91 Å². The highest BCUT2D eigenvalue weighted by Crippen LogP contribution is 2.34. The molecule has 0 aliphatic carbocycles. The molecule has 0 saturated carbocycles. The Morgan fingerprint density at radius 1 is 1.18 bits per heavy atom. The molecule has 8 nitrogen and oxygen atoms in total. The lowest BCUT2D eigenvalue weighted by molar-refractivity contribution is -0.116. The minimum absolute atomic E-state index is 0.0763. The highest BCUT2D eigenvalue weighted by Gasteiger charge is 2.30. The fourth-order valence-corrected chi connectivity index (χ4v) is 4.64. The van der Waals surface area contributed by atoms with E-state index in [1.165, 1.54) is 19.2 Å². The largest absolute Gasteiger partial charge is 0.497 e. The molecule has 2 aromatic rings. The number of carbonyl (C=O) groups excluding carboxylic acids is 1. The lowest BCUT2D eigenvalue weighted by Crippen LogP contribution is -2.51. The maximum atomic E-state index is 12.7. The first-order valence-electron chi connectivity index (χ1n) is 9.04. The SMILES string of the molecule is COc1ccc(S(=O)(=O)Nc2ccc3c(c2)NC(=O)CC2CNCCN32)cc1. The molecular weight excluding hydrogens is 380 g/mol. The molecule has 4 rings (SSSR count). The Hall–Kier alpha value is -2.78. The Morgan fingerprint density at radius 2 is 1.96 bits per heavy atom. The van der Waals surface area contributed by atoms with E-state index in [1.807, 2.05) is 6.07 Å². The number of fused-ring (bicyclic) bond motifs is 3. The highest BCUT2D eigenvalue weighted by atomic mass is 32.2. The summed E-state index contributed by atoms with van der Waals surface area (Å²) in [6.07, 6.45) is 0.397. The fourth-order valence-electron chi connectivity index (χ4n) is 3.59. The van der Waals surface area contributed by atoms with Crippen LogP contribution in [0, 0.1) is 0 Å². The third-order valence-corrected chi connectivity index (χ3v) is 6.37. The minimum atomic E-state index is -3.75. The summed E-state index contributed by atoms with van der Waals surface area (Å²) in [5, 5.41) is 6.21. The van der Waals surface area contributed by atoms with Crippen molar-refractivity contribution < 1.29 is 17.9 Å². The normalized spacial score (nSPS) is 19.1. The third kappa shape index (κ3) is 3.63. The van der Waals surface area contributed by atoms with Crippen molar-refractivity contribution in [2.24, 2.45) is 0 Å². The van der Waals surface area contributed by atoms with E-state index in [4.69, 9.17) is 4.74 Å². The van der Waals surface area contributed by atoms with Crippen LogP contribution in [0.5, 0.6) is 5.75 Å². The molecule has 0 aromatic heterocycles.